The van der Waals surface area contributed by atoms with Gasteiger partial charge in [0.25, 0.3) is 0 Å². The summed E-state index contributed by atoms with van der Waals surface area (Å²) in [6.45, 7) is 4.80. The number of hydrogen-bond acceptors (Lipinski definition) is 4. The Labute approximate surface area is 103 Å². The fourth-order valence-corrected chi connectivity index (χ4v) is 1.87. The number of rotatable bonds is 7. The van der Waals surface area contributed by atoms with E-state index in [1.54, 1.807) is 7.11 Å². The maximum absolute atomic E-state index is 8.99. The number of hydrogen-bond donors (Lipinski definition) is 2. The van der Waals surface area contributed by atoms with Gasteiger partial charge in [-0.1, -0.05) is 13.0 Å². The van der Waals surface area contributed by atoms with Gasteiger partial charge in [-0.3, -0.25) is 4.90 Å². The van der Waals surface area contributed by atoms with Crippen LogP contribution in [0.3, 0.4) is 0 Å². The van der Waals surface area contributed by atoms with Gasteiger partial charge in [0.15, 0.2) is 0 Å². The molecule has 0 saturated carbocycles. The fourth-order valence-electron chi connectivity index (χ4n) is 1.87. The highest BCUT2D eigenvalue weighted by atomic mass is 16.5. The number of anilines is 1. The van der Waals surface area contributed by atoms with Crippen LogP contribution in [0, 0.1) is 0 Å². The van der Waals surface area contributed by atoms with Crippen LogP contribution in [0.5, 0.6) is 5.75 Å². The molecule has 0 amide bonds. The number of nitrogens with two attached hydrogens (primary N) is 1. The minimum atomic E-state index is 0.186. The SMILES string of the molecule is CCCN(CCO)Cc1ccc(OC)c(N)c1. The first kappa shape index (κ1) is 13.8. The quantitative estimate of drug-likeness (QED) is 0.706. The summed E-state index contributed by atoms with van der Waals surface area (Å²) in [7, 11) is 1.61. The summed E-state index contributed by atoms with van der Waals surface area (Å²) < 4.78 is 5.12. The van der Waals surface area contributed by atoms with Crippen molar-refractivity contribution in [2.24, 2.45) is 0 Å². The maximum atomic E-state index is 8.99. The van der Waals surface area contributed by atoms with Gasteiger partial charge < -0.3 is 15.6 Å². The summed E-state index contributed by atoms with van der Waals surface area (Å²) in [5.74, 6) is 0.706. The molecule has 0 radical (unpaired) electrons. The average molecular weight is 238 g/mol. The van der Waals surface area contributed by atoms with E-state index in [0.29, 0.717) is 18.0 Å². The Morgan fingerprint density at radius 2 is 2.12 bits per heavy atom. The van der Waals surface area contributed by atoms with Crippen LogP contribution in [0.15, 0.2) is 18.2 Å². The zero-order valence-electron chi connectivity index (χ0n) is 10.6. The lowest BCUT2D eigenvalue weighted by atomic mass is 10.1. The number of methoxy groups -OCH3 is 1. The number of aliphatic hydroxyl groups is 1. The lowest BCUT2D eigenvalue weighted by molar-refractivity contribution is 0.190. The topological polar surface area (TPSA) is 58.7 Å². The van der Waals surface area contributed by atoms with Crippen LogP contribution in [-0.2, 0) is 6.54 Å². The zero-order valence-corrected chi connectivity index (χ0v) is 10.6. The van der Waals surface area contributed by atoms with Crippen LogP contribution in [0.25, 0.3) is 0 Å². The normalized spacial score (nSPS) is 10.8. The minimum Gasteiger partial charge on any atom is -0.495 e. The molecule has 1 rings (SSSR count). The number of nitrogens with zero attached hydrogens (tertiary/aromatic N) is 1. The van der Waals surface area contributed by atoms with Gasteiger partial charge >= 0.3 is 0 Å². The van der Waals surface area contributed by atoms with Gasteiger partial charge in [-0.05, 0) is 30.7 Å². The molecule has 0 aromatic heterocycles. The molecule has 0 atom stereocenters. The van der Waals surface area contributed by atoms with E-state index in [1.165, 1.54) is 0 Å². The number of aliphatic hydroxyl groups excluding tert-OH is 1. The zero-order chi connectivity index (χ0) is 12.7. The summed E-state index contributed by atoms with van der Waals surface area (Å²) in [6, 6.07) is 5.82. The summed E-state index contributed by atoms with van der Waals surface area (Å²) in [4.78, 5) is 2.21. The fraction of sp³-hybridized carbons (Fsp3) is 0.538. The summed E-state index contributed by atoms with van der Waals surface area (Å²) in [5, 5.41) is 8.99. The van der Waals surface area contributed by atoms with Crippen LogP contribution in [0.1, 0.15) is 18.9 Å². The van der Waals surface area contributed by atoms with Gasteiger partial charge in [0.05, 0.1) is 19.4 Å². The molecular formula is C13H22N2O2. The van der Waals surface area contributed by atoms with Crippen molar-refractivity contribution >= 4 is 5.69 Å². The van der Waals surface area contributed by atoms with E-state index >= 15 is 0 Å². The predicted octanol–water partition coefficient (Wildman–Crippen LogP) is 1.48. The molecule has 17 heavy (non-hydrogen) atoms. The van der Waals surface area contributed by atoms with Crippen molar-refractivity contribution in [2.45, 2.75) is 19.9 Å². The van der Waals surface area contributed by atoms with Crippen LogP contribution in [-0.4, -0.2) is 36.8 Å². The average Bonchev–Trinajstić information content (AvgIpc) is 2.30. The summed E-state index contributed by atoms with van der Waals surface area (Å²) in [5.41, 5.74) is 7.66. The Hall–Kier alpha value is -1.26. The maximum Gasteiger partial charge on any atom is 0.141 e. The molecular weight excluding hydrogens is 216 g/mol. The number of nitrogen functional groups attached to an aromatic ring is 1. The Morgan fingerprint density at radius 1 is 1.35 bits per heavy atom. The third-order valence-electron chi connectivity index (χ3n) is 2.66. The lowest BCUT2D eigenvalue weighted by Gasteiger charge is -2.21. The van der Waals surface area contributed by atoms with Crippen LogP contribution < -0.4 is 10.5 Å². The van der Waals surface area contributed by atoms with Gasteiger partial charge in [0, 0.05) is 13.1 Å². The van der Waals surface area contributed by atoms with Gasteiger partial charge in [-0.2, -0.15) is 0 Å². The summed E-state index contributed by atoms with van der Waals surface area (Å²) in [6.07, 6.45) is 1.08. The van der Waals surface area contributed by atoms with E-state index < -0.39 is 0 Å². The monoisotopic (exact) mass is 238 g/mol. The Balaban J connectivity index is 2.68. The third kappa shape index (κ3) is 4.24. The lowest BCUT2D eigenvalue weighted by Crippen LogP contribution is -2.27. The van der Waals surface area contributed by atoms with Gasteiger partial charge in [-0.15, -0.1) is 0 Å². The highest BCUT2D eigenvalue weighted by Crippen LogP contribution is 2.22. The molecule has 4 heteroatoms. The smallest absolute Gasteiger partial charge is 0.141 e. The molecule has 1 aromatic carbocycles. The van der Waals surface area contributed by atoms with Crippen LogP contribution in [0.4, 0.5) is 5.69 Å². The van der Waals surface area contributed by atoms with Gasteiger partial charge in [0.1, 0.15) is 5.75 Å². The molecule has 0 aliphatic rings. The van der Waals surface area contributed by atoms with Crippen molar-refractivity contribution in [3.05, 3.63) is 23.8 Å². The highest BCUT2D eigenvalue weighted by Gasteiger charge is 2.06. The Kier molecular flexibility index (Phi) is 5.80. The van der Waals surface area contributed by atoms with Crippen molar-refractivity contribution < 1.29 is 9.84 Å². The number of ether oxygens (including phenoxy) is 1. The van der Waals surface area contributed by atoms with Crippen molar-refractivity contribution in [2.75, 3.05) is 32.5 Å². The van der Waals surface area contributed by atoms with E-state index in [2.05, 4.69) is 11.8 Å². The molecule has 0 aliphatic heterocycles. The Bertz CT molecular complexity index is 336. The summed E-state index contributed by atoms with van der Waals surface area (Å²) >= 11 is 0. The molecule has 1 aromatic rings. The van der Waals surface area contributed by atoms with Crippen molar-refractivity contribution in [1.29, 1.82) is 0 Å². The first-order valence-corrected chi connectivity index (χ1v) is 5.96. The number of benzene rings is 1. The minimum absolute atomic E-state index is 0.186. The highest BCUT2D eigenvalue weighted by molar-refractivity contribution is 5.54. The molecule has 0 fully saturated rings. The van der Waals surface area contributed by atoms with Crippen molar-refractivity contribution in [3.63, 3.8) is 0 Å². The standard InChI is InChI=1S/C13H22N2O2/c1-3-6-15(7-8-16)10-11-4-5-13(17-2)12(14)9-11/h4-5,9,16H,3,6-8,10,14H2,1-2H3. The van der Waals surface area contributed by atoms with Gasteiger partial charge in [-0.25, -0.2) is 0 Å². The van der Waals surface area contributed by atoms with E-state index in [9.17, 15) is 0 Å². The molecule has 96 valence electrons. The van der Waals surface area contributed by atoms with E-state index in [-0.39, 0.29) is 6.61 Å². The van der Waals surface area contributed by atoms with Crippen molar-refractivity contribution in [1.82, 2.24) is 4.90 Å². The molecule has 0 spiro atoms. The van der Waals surface area contributed by atoms with Crippen molar-refractivity contribution in [3.8, 4) is 5.75 Å². The molecule has 0 heterocycles. The molecule has 4 nitrogen and oxygen atoms in total. The van der Waals surface area contributed by atoms with Crippen LogP contribution in [0.2, 0.25) is 0 Å². The first-order valence-electron chi connectivity index (χ1n) is 5.96. The van der Waals surface area contributed by atoms with E-state index in [4.69, 9.17) is 15.6 Å². The first-order chi connectivity index (χ1) is 8.21. The van der Waals surface area contributed by atoms with Gasteiger partial charge in [0.2, 0.25) is 0 Å². The predicted molar refractivity (Wildman–Crippen MR) is 70.1 cm³/mol. The van der Waals surface area contributed by atoms with E-state index in [0.717, 1.165) is 25.1 Å². The molecule has 0 bridgehead atoms. The second kappa shape index (κ2) is 7.14. The Morgan fingerprint density at radius 3 is 2.65 bits per heavy atom. The third-order valence-corrected chi connectivity index (χ3v) is 2.66. The van der Waals surface area contributed by atoms with E-state index in [1.807, 2.05) is 18.2 Å². The van der Waals surface area contributed by atoms with Crippen LogP contribution >= 0.6 is 0 Å². The molecule has 0 unspecified atom stereocenters. The molecule has 3 N–H and O–H groups in total. The molecule has 0 saturated heterocycles. The second-order valence-electron chi connectivity index (χ2n) is 4.08. The second-order valence-corrected chi connectivity index (χ2v) is 4.08. The largest absolute Gasteiger partial charge is 0.495 e. The molecule has 0 aliphatic carbocycles.